The lowest BCUT2D eigenvalue weighted by molar-refractivity contribution is -0.119. The molecule has 6 rings (SSSR count). The fourth-order valence-corrected chi connectivity index (χ4v) is 6.06. The minimum Gasteiger partial charge on any atom is -0.480 e. The average Bonchev–Trinajstić information content (AvgIpc) is 3.54. The highest BCUT2D eigenvalue weighted by atomic mass is 35.5. The Hall–Kier alpha value is -4.75. The molecule has 1 aliphatic heterocycles. The van der Waals surface area contributed by atoms with E-state index in [9.17, 15) is 4.79 Å². The van der Waals surface area contributed by atoms with Crippen LogP contribution in [0, 0.1) is 0 Å². The van der Waals surface area contributed by atoms with Crippen molar-refractivity contribution in [2.75, 3.05) is 20.8 Å². The van der Waals surface area contributed by atoms with Crippen LogP contribution in [-0.2, 0) is 24.4 Å². The summed E-state index contributed by atoms with van der Waals surface area (Å²) >= 11 is 14.1. The molecule has 48 heavy (non-hydrogen) atoms. The lowest BCUT2D eigenvalue weighted by Crippen LogP contribution is -2.35. The Bertz CT molecular complexity index is 1910. The summed E-state index contributed by atoms with van der Waals surface area (Å²) in [6, 6.07) is 13.2. The first-order valence-corrected chi connectivity index (χ1v) is 16.1. The minimum absolute atomic E-state index is 0.0817. The molecule has 14 heteroatoms. The molecule has 1 fully saturated rings. The van der Waals surface area contributed by atoms with E-state index in [0.717, 1.165) is 17.5 Å². The Morgan fingerprint density at radius 1 is 0.750 bits per heavy atom. The van der Waals surface area contributed by atoms with Gasteiger partial charge < -0.3 is 25.4 Å². The van der Waals surface area contributed by atoms with E-state index in [2.05, 4.69) is 35.9 Å². The van der Waals surface area contributed by atoms with Gasteiger partial charge in [-0.2, -0.15) is 0 Å². The number of aromatic nitrogens is 6. The highest BCUT2D eigenvalue weighted by molar-refractivity contribution is 6.39. The van der Waals surface area contributed by atoms with E-state index in [4.69, 9.17) is 42.6 Å². The summed E-state index contributed by atoms with van der Waals surface area (Å²) in [5, 5.41) is 10.5. The molecule has 1 atom stereocenters. The van der Waals surface area contributed by atoms with E-state index in [1.165, 1.54) is 0 Å². The van der Waals surface area contributed by atoms with Gasteiger partial charge in [0.15, 0.2) is 0 Å². The Kier molecular flexibility index (Phi) is 10.7. The first kappa shape index (κ1) is 33.2. The lowest BCUT2D eigenvalue weighted by atomic mass is 9.98. The number of nitrogens with zero attached hydrogens (tertiary/aromatic N) is 6. The highest BCUT2D eigenvalue weighted by Crippen LogP contribution is 2.42. The van der Waals surface area contributed by atoms with E-state index >= 15 is 0 Å². The molecule has 1 unspecified atom stereocenters. The molecule has 1 saturated heterocycles. The number of ether oxygens (including phenoxy) is 2. The zero-order valence-corrected chi connectivity index (χ0v) is 27.8. The lowest BCUT2D eigenvalue weighted by Gasteiger charge is -2.15. The standard InChI is InChI=1S/C34H33Cl2N9O3/c1-47-33-27(15-37-14-20-10-11-30(46)43-20)41-17-25(44-33)23-8-3-6-21(31(23)35)22-7-4-9-24(32(22)36)26-18-42-28(34(45-26)48-2)16-38-19-29-39-12-5-13-40-29/h3-9,12-13,17-18,20,37-38H,10-11,14-16,19H2,1-2H3,(H,43,46). The second-order valence-electron chi connectivity index (χ2n) is 11.0. The maximum atomic E-state index is 11.5. The van der Waals surface area contributed by atoms with Crippen LogP contribution in [0.2, 0.25) is 10.0 Å². The number of methoxy groups -OCH3 is 2. The van der Waals surface area contributed by atoms with Crippen LogP contribution in [0.25, 0.3) is 33.6 Å². The Morgan fingerprint density at radius 2 is 1.29 bits per heavy atom. The van der Waals surface area contributed by atoms with Crippen LogP contribution in [0.15, 0.2) is 67.3 Å². The zero-order chi connectivity index (χ0) is 33.5. The predicted molar refractivity (Wildman–Crippen MR) is 183 cm³/mol. The van der Waals surface area contributed by atoms with Gasteiger partial charge in [0.25, 0.3) is 0 Å². The van der Waals surface area contributed by atoms with Gasteiger partial charge in [0.05, 0.1) is 54.6 Å². The zero-order valence-electron chi connectivity index (χ0n) is 26.3. The summed E-state index contributed by atoms with van der Waals surface area (Å²) in [4.78, 5) is 38.6. The molecule has 0 spiro atoms. The van der Waals surface area contributed by atoms with Gasteiger partial charge >= 0.3 is 0 Å². The van der Waals surface area contributed by atoms with Crippen LogP contribution in [0.1, 0.15) is 30.1 Å². The van der Waals surface area contributed by atoms with Crippen molar-refractivity contribution >= 4 is 29.1 Å². The van der Waals surface area contributed by atoms with Crippen molar-refractivity contribution in [3.63, 3.8) is 0 Å². The second kappa shape index (κ2) is 15.4. The third kappa shape index (κ3) is 7.52. The summed E-state index contributed by atoms with van der Waals surface area (Å²) in [6.45, 7) is 1.96. The molecule has 1 aliphatic rings. The summed E-state index contributed by atoms with van der Waals surface area (Å²) in [5.41, 5.74) is 5.18. The van der Waals surface area contributed by atoms with Crippen molar-refractivity contribution < 1.29 is 14.3 Å². The van der Waals surface area contributed by atoms with E-state index in [1.807, 2.05) is 36.4 Å². The molecule has 0 radical (unpaired) electrons. The average molecular weight is 687 g/mol. The van der Waals surface area contributed by atoms with E-state index in [-0.39, 0.29) is 11.9 Å². The Balaban J connectivity index is 1.21. The van der Waals surface area contributed by atoms with Crippen LogP contribution in [0.3, 0.4) is 0 Å². The van der Waals surface area contributed by atoms with E-state index < -0.39 is 0 Å². The highest BCUT2D eigenvalue weighted by Gasteiger charge is 2.21. The van der Waals surface area contributed by atoms with Gasteiger partial charge in [-0.05, 0) is 12.5 Å². The van der Waals surface area contributed by atoms with E-state index in [0.29, 0.717) is 94.1 Å². The van der Waals surface area contributed by atoms with Gasteiger partial charge in [-0.25, -0.2) is 19.9 Å². The molecule has 246 valence electrons. The molecule has 4 heterocycles. The van der Waals surface area contributed by atoms with Gasteiger partial charge in [0, 0.05) is 66.7 Å². The van der Waals surface area contributed by atoms with Gasteiger partial charge in [0.1, 0.15) is 17.2 Å². The van der Waals surface area contributed by atoms with Crippen molar-refractivity contribution in [1.29, 1.82) is 0 Å². The summed E-state index contributed by atoms with van der Waals surface area (Å²) < 4.78 is 11.1. The van der Waals surface area contributed by atoms with Crippen LogP contribution < -0.4 is 25.4 Å². The number of rotatable bonds is 13. The first-order valence-electron chi connectivity index (χ1n) is 15.3. The molecule has 12 nitrogen and oxygen atoms in total. The molecule has 3 aromatic heterocycles. The molecule has 2 aromatic carbocycles. The number of benzene rings is 2. The summed E-state index contributed by atoms with van der Waals surface area (Å²) in [7, 11) is 3.11. The maximum absolute atomic E-state index is 11.5. The van der Waals surface area contributed by atoms with Gasteiger partial charge in [0.2, 0.25) is 17.7 Å². The number of amides is 1. The summed E-state index contributed by atoms with van der Waals surface area (Å²) in [6.07, 6.45) is 8.11. The first-order chi connectivity index (χ1) is 23.4. The Morgan fingerprint density at radius 3 is 1.81 bits per heavy atom. The van der Waals surface area contributed by atoms with Crippen LogP contribution in [0.4, 0.5) is 0 Å². The molecule has 0 saturated carbocycles. The van der Waals surface area contributed by atoms with Crippen molar-refractivity contribution in [2.24, 2.45) is 0 Å². The van der Waals surface area contributed by atoms with Gasteiger partial charge in [-0.1, -0.05) is 59.6 Å². The topological polar surface area (TPSA) is 149 Å². The molecule has 0 aliphatic carbocycles. The number of carbonyl (C=O) groups excluding carboxylic acids is 1. The third-order valence-corrected chi connectivity index (χ3v) is 8.63. The predicted octanol–water partition coefficient (Wildman–Crippen LogP) is 5.04. The monoisotopic (exact) mass is 685 g/mol. The number of halogens is 2. The molecule has 5 aromatic rings. The molecular weight excluding hydrogens is 653 g/mol. The molecule has 3 N–H and O–H groups in total. The van der Waals surface area contributed by atoms with Crippen molar-refractivity contribution in [3.05, 3.63) is 94.5 Å². The largest absolute Gasteiger partial charge is 0.480 e. The van der Waals surface area contributed by atoms with Crippen molar-refractivity contribution in [3.8, 4) is 45.4 Å². The van der Waals surface area contributed by atoms with Gasteiger partial charge in [-0.15, -0.1) is 0 Å². The quantitative estimate of drug-likeness (QED) is 0.153. The van der Waals surface area contributed by atoms with Crippen molar-refractivity contribution in [1.82, 2.24) is 45.9 Å². The smallest absolute Gasteiger partial charge is 0.237 e. The number of hydrogen-bond acceptors (Lipinski definition) is 11. The number of carbonyl (C=O) groups is 1. The van der Waals surface area contributed by atoms with Crippen molar-refractivity contribution in [2.45, 2.75) is 38.5 Å². The number of hydrogen-bond donors (Lipinski definition) is 3. The Labute approximate surface area is 287 Å². The second-order valence-corrected chi connectivity index (χ2v) is 11.7. The SMILES string of the molecule is COc1nc(-c2cccc(-c3cccc(-c4cnc(CNCC5CCC(=O)N5)c(OC)n4)c3Cl)c2Cl)cnc1CNCc1ncccn1. The van der Waals surface area contributed by atoms with E-state index in [1.54, 1.807) is 45.1 Å². The minimum atomic E-state index is 0.0817. The van der Waals surface area contributed by atoms with Gasteiger partial charge in [-0.3, -0.25) is 14.8 Å². The van der Waals surface area contributed by atoms with Crippen LogP contribution in [0.5, 0.6) is 11.8 Å². The molecular formula is C34H33Cl2N9O3. The summed E-state index contributed by atoms with van der Waals surface area (Å²) in [5.74, 6) is 1.53. The fraction of sp³-hybridized carbons (Fsp3) is 0.265. The third-order valence-electron chi connectivity index (χ3n) is 7.81. The van der Waals surface area contributed by atoms with Crippen LogP contribution in [-0.4, -0.2) is 62.6 Å². The normalized spacial score (nSPS) is 14.2. The van der Waals surface area contributed by atoms with Crippen LogP contribution >= 0.6 is 23.2 Å². The maximum Gasteiger partial charge on any atom is 0.237 e. The molecule has 1 amide bonds. The molecule has 0 bridgehead atoms. The fourth-order valence-electron chi connectivity index (χ4n) is 5.41. The number of nitrogens with one attached hydrogen (secondary N) is 3.